The molecule has 0 spiro atoms. The Kier molecular flexibility index (Phi) is 5.48. The molecule has 4 rings (SSSR count). The molecule has 1 aromatic heterocycles. The highest BCUT2D eigenvalue weighted by molar-refractivity contribution is 5.79. The Balaban J connectivity index is 1.80. The Morgan fingerprint density at radius 1 is 1.06 bits per heavy atom. The predicted molar refractivity (Wildman–Crippen MR) is 108 cm³/mol. The average Bonchev–Trinajstić information content (AvgIpc) is 3.21. The molecule has 0 bridgehead atoms. The minimum atomic E-state index is -4.62. The zero-order valence-electron chi connectivity index (χ0n) is 16.6. The van der Waals surface area contributed by atoms with Crippen molar-refractivity contribution in [1.29, 1.82) is 0 Å². The molecule has 1 atom stereocenters. The number of hydrogen-bond acceptors (Lipinski definition) is 5. The molecular formula is C23H16F3NO5. The molecule has 0 aliphatic rings. The first-order chi connectivity index (χ1) is 15.3. The van der Waals surface area contributed by atoms with Gasteiger partial charge in [0, 0.05) is 5.56 Å². The van der Waals surface area contributed by atoms with Crippen LogP contribution in [-0.2, 0) is 11.0 Å². The van der Waals surface area contributed by atoms with Crippen LogP contribution in [0.15, 0.2) is 71.1 Å². The van der Waals surface area contributed by atoms with Crippen molar-refractivity contribution in [3.8, 4) is 23.0 Å². The molecule has 0 saturated heterocycles. The lowest BCUT2D eigenvalue weighted by atomic mass is 10.1. The summed E-state index contributed by atoms with van der Waals surface area (Å²) in [6.07, 6.45) is -6.11. The van der Waals surface area contributed by atoms with Crippen LogP contribution >= 0.6 is 0 Å². The number of methoxy groups -OCH3 is 1. The van der Waals surface area contributed by atoms with Gasteiger partial charge in [-0.2, -0.15) is 13.2 Å². The van der Waals surface area contributed by atoms with E-state index in [0.717, 1.165) is 18.2 Å². The van der Waals surface area contributed by atoms with E-state index in [-0.39, 0.29) is 22.8 Å². The normalized spacial score (nSPS) is 12.5. The van der Waals surface area contributed by atoms with Crippen LogP contribution in [0.25, 0.3) is 22.6 Å². The van der Waals surface area contributed by atoms with Crippen LogP contribution in [0, 0.1) is 0 Å². The fraction of sp³-hybridized carbons (Fsp3) is 0.130. The molecule has 3 aromatic carbocycles. The van der Waals surface area contributed by atoms with E-state index in [4.69, 9.17) is 13.9 Å². The molecular weight excluding hydrogens is 427 g/mol. The van der Waals surface area contributed by atoms with Crippen molar-refractivity contribution < 1.29 is 37.0 Å². The molecule has 0 radical (unpaired) electrons. The van der Waals surface area contributed by atoms with Gasteiger partial charge in [0.1, 0.15) is 17.0 Å². The number of benzene rings is 3. The number of hydrogen-bond donors (Lipinski definition) is 1. The first-order valence-electron chi connectivity index (χ1n) is 9.37. The predicted octanol–water partition coefficient (Wildman–Crippen LogP) is 5.73. The summed E-state index contributed by atoms with van der Waals surface area (Å²) in [5.74, 6) is -1.04. The van der Waals surface area contributed by atoms with Crippen LogP contribution in [0.3, 0.4) is 0 Å². The number of carboxylic acid groups (broad SMARTS) is 1. The van der Waals surface area contributed by atoms with Gasteiger partial charge in [-0.3, -0.25) is 0 Å². The van der Waals surface area contributed by atoms with Gasteiger partial charge in [-0.25, -0.2) is 9.78 Å². The Morgan fingerprint density at radius 2 is 1.78 bits per heavy atom. The topological polar surface area (TPSA) is 81.8 Å². The molecule has 1 heterocycles. The SMILES string of the molecule is COc1ccc(C(Oc2ccc(C(F)(F)F)cc2-c2nc3ccccc3o2)C(=O)O)cc1. The van der Waals surface area contributed by atoms with Crippen molar-refractivity contribution in [3.05, 3.63) is 77.9 Å². The highest BCUT2D eigenvalue weighted by Gasteiger charge is 2.33. The number of oxazole rings is 1. The van der Waals surface area contributed by atoms with Crippen LogP contribution in [0.4, 0.5) is 13.2 Å². The Hall–Kier alpha value is -4.01. The highest BCUT2D eigenvalue weighted by atomic mass is 19.4. The summed E-state index contributed by atoms with van der Waals surface area (Å²) in [7, 11) is 1.47. The zero-order valence-corrected chi connectivity index (χ0v) is 16.6. The maximum atomic E-state index is 13.3. The number of nitrogens with zero attached hydrogens (tertiary/aromatic N) is 1. The minimum Gasteiger partial charge on any atom is -0.497 e. The van der Waals surface area contributed by atoms with Gasteiger partial charge in [0.05, 0.1) is 18.2 Å². The molecule has 6 nitrogen and oxygen atoms in total. The third kappa shape index (κ3) is 4.22. The molecule has 0 aliphatic heterocycles. The number of carbonyl (C=O) groups is 1. The highest BCUT2D eigenvalue weighted by Crippen LogP contribution is 2.39. The smallest absolute Gasteiger partial charge is 0.416 e. The molecule has 164 valence electrons. The number of carboxylic acids is 1. The number of ether oxygens (including phenoxy) is 2. The average molecular weight is 443 g/mol. The van der Waals surface area contributed by atoms with Crippen molar-refractivity contribution in [2.45, 2.75) is 12.3 Å². The summed E-state index contributed by atoms with van der Waals surface area (Å²) < 4.78 is 56.4. The molecule has 0 fully saturated rings. The van der Waals surface area contributed by atoms with E-state index in [1.807, 2.05) is 0 Å². The van der Waals surface area contributed by atoms with Gasteiger partial charge < -0.3 is 19.0 Å². The van der Waals surface area contributed by atoms with Crippen molar-refractivity contribution in [2.24, 2.45) is 0 Å². The second-order valence-electron chi connectivity index (χ2n) is 6.80. The fourth-order valence-corrected chi connectivity index (χ4v) is 3.13. The number of aliphatic carboxylic acids is 1. The fourth-order valence-electron chi connectivity index (χ4n) is 3.13. The number of halogens is 3. The van der Waals surface area contributed by atoms with Gasteiger partial charge in [0.2, 0.25) is 12.0 Å². The third-order valence-corrected chi connectivity index (χ3v) is 4.72. The first-order valence-corrected chi connectivity index (χ1v) is 9.37. The van der Waals surface area contributed by atoms with Crippen molar-refractivity contribution in [3.63, 3.8) is 0 Å². The lowest BCUT2D eigenvalue weighted by Crippen LogP contribution is -2.18. The van der Waals surface area contributed by atoms with E-state index < -0.39 is 23.8 Å². The summed E-state index contributed by atoms with van der Waals surface area (Å²) in [4.78, 5) is 16.1. The molecule has 1 N–H and O–H groups in total. The molecule has 1 unspecified atom stereocenters. The quantitative estimate of drug-likeness (QED) is 0.410. The van der Waals surface area contributed by atoms with Gasteiger partial charge in [-0.15, -0.1) is 0 Å². The van der Waals surface area contributed by atoms with E-state index in [2.05, 4.69) is 4.98 Å². The second-order valence-corrected chi connectivity index (χ2v) is 6.80. The molecule has 4 aromatic rings. The van der Waals surface area contributed by atoms with Crippen LogP contribution in [-0.4, -0.2) is 23.2 Å². The van der Waals surface area contributed by atoms with Gasteiger partial charge in [-0.1, -0.05) is 24.3 Å². The van der Waals surface area contributed by atoms with Gasteiger partial charge in [0.15, 0.2) is 5.58 Å². The van der Waals surface area contributed by atoms with Gasteiger partial charge in [0.25, 0.3) is 0 Å². The number of fused-ring (bicyclic) bond motifs is 1. The van der Waals surface area contributed by atoms with E-state index in [1.165, 1.54) is 19.2 Å². The minimum absolute atomic E-state index is 0.115. The Labute approximate surface area is 179 Å². The second kappa shape index (κ2) is 8.26. The molecule has 0 aliphatic carbocycles. The monoisotopic (exact) mass is 443 g/mol. The molecule has 0 saturated carbocycles. The number of alkyl halides is 3. The number of rotatable bonds is 6. The van der Waals surface area contributed by atoms with Crippen molar-refractivity contribution in [1.82, 2.24) is 4.98 Å². The van der Waals surface area contributed by atoms with Gasteiger partial charge >= 0.3 is 12.1 Å². The standard InChI is InChI=1S/C23H16F3NO5/c1-30-15-9-6-13(7-10-15)20(22(28)29)31-18-11-8-14(23(24,25)26)12-16(18)21-27-17-4-2-3-5-19(17)32-21/h2-12,20H,1H3,(H,28,29). The van der Waals surface area contributed by atoms with Crippen molar-refractivity contribution in [2.75, 3.05) is 7.11 Å². The molecule has 32 heavy (non-hydrogen) atoms. The first kappa shape index (κ1) is 21.2. The summed E-state index contributed by atoms with van der Waals surface area (Å²) in [6, 6.07) is 15.5. The van der Waals surface area contributed by atoms with Crippen LogP contribution < -0.4 is 9.47 Å². The lowest BCUT2D eigenvalue weighted by Gasteiger charge is -2.18. The summed E-state index contributed by atoms with van der Waals surface area (Å²) in [6.45, 7) is 0. The summed E-state index contributed by atoms with van der Waals surface area (Å²) in [5.41, 5.74) is 0.0301. The molecule has 0 amide bonds. The van der Waals surface area contributed by atoms with E-state index in [9.17, 15) is 23.1 Å². The lowest BCUT2D eigenvalue weighted by molar-refractivity contribution is -0.145. The number of aromatic nitrogens is 1. The zero-order chi connectivity index (χ0) is 22.9. The van der Waals surface area contributed by atoms with Crippen LogP contribution in [0.5, 0.6) is 11.5 Å². The van der Waals surface area contributed by atoms with E-state index in [0.29, 0.717) is 16.8 Å². The van der Waals surface area contributed by atoms with Crippen LogP contribution in [0.2, 0.25) is 0 Å². The maximum absolute atomic E-state index is 13.3. The summed E-state index contributed by atoms with van der Waals surface area (Å²) >= 11 is 0. The van der Waals surface area contributed by atoms with Gasteiger partial charge in [-0.05, 0) is 42.5 Å². The van der Waals surface area contributed by atoms with Crippen molar-refractivity contribution >= 4 is 17.1 Å². The third-order valence-electron chi connectivity index (χ3n) is 4.72. The molecule has 9 heteroatoms. The Morgan fingerprint density at radius 3 is 2.41 bits per heavy atom. The maximum Gasteiger partial charge on any atom is 0.416 e. The number of para-hydroxylation sites is 2. The summed E-state index contributed by atoms with van der Waals surface area (Å²) in [5, 5.41) is 9.70. The largest absolute Gasteiger partial charge is 0.497 e. The van der Waals surface area contributed by atoms with E-state index >= 15 is 0 Å². The Bertz CT molecular complexity index is 1230. The van der Waals surface area contributed by atoms with E-state index in [1.54, 1.807) is 36.4 Å². The van der Waals surface area contributed by atoms with Crippen LogP contribution in [0.1, 0.15) is 17.2 Å².